The standard InChI is InChI=1S/C67H63N3O/c1-43-36-61(57(46-20-15-12-16-21-46)42-56(43)47-26-30-53(31-27-47)66(5,6)7)70-60-23-17-22-55(63(60)69-64(70)58-41-54(67(8,9)10)32-33-62(58)71)50-37-49(44-18-13-11-14-19-44)38-51(39-50)59-40-48(34-35-68-59)45-24-28-52(29-25-45)65(2,3)4/h11-42,71H,1-10H3/i1D3,2D3,3D3,4D3. The maximum Gasteiger partial charge on any atom is 0.149 e. The average Bonchev–Trinajstić information content (AvgIpc) is 1.65. The average molecular weight is 938 g/mol. The molecule has 10 rings (SSSR count). The lowest BCUT2D eigenvalue weighted by Gasteiger charge is -2.22. The predicted molar refractivity (Wildman–Crippen MR) is 299 cm³/mol. The molecule has 2 aromatic heterocycles. The number of para-hydroxylation sites is 1. The molecule has 0 saturated heterocycles. The first-order valence-corrected chi connectivity index (χ1v) is 23.9. The van der Waals surface area contributed by atoms with Crippen LogP contribution in [0, 0.1) is 6.85 Å². The number of hydrogen-bond acceptors (Lipinski definition) is 3. The van der Waals surface area contributed by atoms with Gasteiger partial charge in [-0.1, -0.05) is 189 Å². The number of rotatable bonds is 8. The van der Waals surface area contributed by atoms with Crippen LogP contribution in [0.2, 0.25) is 0 Å². The summed E-state index contributed by atoms with van der Waals surface area (Å²) in [5.41, 5.74) is 9.15. The summed E-state index contributed by atoms with van der Waals surface area (Å²) in [7, 11) is 0. The monoisotopic (exact) mass is 938 g/mol. The van der Waals surface area contributed by atoms with E-state index in [0.717, 1.165) is 55.6 Å². The van der Waals surface area contributed by atoms with E-state index in [0.29, 0.717) is 50.5 Å². The molecule has 4 heteroatoms. The minimum atomic E-state index is -3.40. The van der Waals surface area contributed by atoms with Gasteiger partial charge in [-0.2, -0.15) is 0 Å². The summed E-state index contributed by atoms with van der Waals surface area (Å²) in [5.74, 6) is 0.379. The Labute approximate surface area is 437 Å². The summed E-state index contributed by atoms with van der Waals surface area (Å²) in [6.07, 6.45) is 1.64. The molecule has 0 amide bonds. The molecule has 352 valence electrons. The van der Waals surface area contributed by atoms with Crippen LogP contribution in [-0.4, -0.2) is 19.6 Å². The van der Waals surface area contributed by atoms with Gasteiger partial charge in [0, 0.05) is 39.3 Å². The topological polar surface area (TPSA) is 50.9 Å². The first-order chi connectivity index (χ1) is 38.9. The highest BCUT2D eigenvalue weighted by Gasteiger charge is 2.26. The van der Waals surface area contributed by atoms with Crippen LogP contribution in [0.3, 0.4) is 0 Å². The van der Waals surface area contributed by atoms with E-state index >= 15 is 0 Å². The number of imidazole rings is 1. The van der Waals surface area contributed by atoms with Crippen LogP contribution in [0.4, 0.5) is 0 Å². The lowest BCUT2D eigenvalue weighted by molar-refractivity contribution is 0.475. The summed E-state index contributed by atoms with van der Waals surface area (Å²) in [5, 5.41) is 12.0. The van der Waals surface area contributed by atoms with E-state index < -0.39 is 32.8 Å². The molecule has 0 aliphatic rings. The lowest BCUT2D eigenvalue weighted by Crippen LogP contribution is -2.11. The van der Waals surface area contributed by atoms with Gasteiger partial charge in [0.05, 0.1) is 28.0 Å². The maximum absolute atomic E-state index is 12.0. The lowest BCUT2D eigenvalue weighted by atomic mass is 9.85. The molecule has 0 atom stereocenters. The van der Waals surface area contributed by atoms with Crippen LogP contribution in [0.25, 0.3) is 95.0 Å². The Morgan fingerprint density at radius 3 is 1.69 bits per heavy atom. The molecule has 0 spiro atoms. The first-order valence-electron chi connectivity index (χ1n) is 29.9. The van der Waals surface area contributed by atoms with E-state index in [1.165, 1.54) is 24.3 Å². The van der Waals surface area contributed by atoms with Gasteiger partial charge in [0.15, 0.2) is 0 Å². The van der Waals surface area contributed by atoms with Crippen LogP contribution >= 0.6 is 0 Å². The third kappa shape index (κ3) is 9.35. The van der Waals surface area contributed by atoms with Gasteiger partial charge in [0.1, 0.15) is 11.6 Å². The number of phenols is 1. The minimum absolute atomic E-state index is 0.0101. The summed E-state index contributed by atoms with van der Waals surface area (Å²) in [4.78, 5) is 10.4. The number of aryl methyl sites for hydroxylation is 1. The second-order valence-corrected chi connectivity index (χ2v) is 20.5. The second-order valence-electron chi connectivity index (χ2n) is 20.5. The zero-order valence-corrected chi connectivity index (χ0v) is 40.8. The van der Waals surface area contributed by atoms with Crippen molar-refractivity contribution in [1.29, 1.82) is 0 Å². The molecule has 0 bridgehead atoms. The zero-order valence-electron chi connectivity index (χ0n) is 52.8. The van der Waals surface area contributed by atoms with Crippen molar-refractivity contribution in [2.24, 2.45) is 0 Å². The number of aromatic nitrogens is 3. The molecule has 0 aliphatic carbocycles. The highest BCUT2D eigenvalue weighted by molar-refractivity contribution is 5.99. The maximum atomic E-state index is 12.0. The fourth-order valence-corrected chi connectivity index (χ4v) is 9.36. The van der Waals surface area contributed by atoms with Crippen molar-refractivity contribution in [3.05, 3.63) is 217 Å². The summed E-state index contributed by atoms with van der Waals surface area (Å²) >= 11 is 0. The van der Waals surface area contributed by atoms with Gasteiger partial charge in [0.25, 0.3) is 0 Å². The number of benzene rings is 8. The fraction of sp³-hybridized carbons (Fsp3) is 0.194. The fourth-order valence-electron chi connectivity index (χ4n) is 9.36. The number of phenolic OH excluding ortho intramolecular Hbond substituents is 1. The SMILES string of the molecule is [2H]C([2H])([2H])c1cc(-n2c(-c3cc(C(C)(C)C)ccc3O)nc3c(-c4cc(-c5ccccc5)cc(-c5cc(-c6ccc(C(C([2H])([2H])[2H])(C([2H])([2H])[2H])C([2H])([2H])[2H])cc6)ccn5)c4)cccc32)c(-c2ccccc2)cc1-c1ccc(C(C)(C)C)cc1. The summed E-state index contributed by atoms with van der Waals surface area (Å²) in [6, 6.07) is 58.4. The van der Waals surface area contributed by atoms with Gasteiger partial charge >= 0.3 is 0 Å². The highest BCUT2D eigenvalue weighted by atomic mass is 16.3. The quantitative estimate of drug-likeness (QED) is 0.165. The van der Waals surface area contributed by atoms with Crippen molar-refractivity contribution >= 4 is 11.0 Å². The molecule has 0 unspecified atom stereocenters. The third-order valence-electron chi connectivity index (χ3n) is 13.4. The van der Waals surface area contributed by atoms with E-state index in [9.17, 15) is 5.11 Å². The van der Waals surface area contributed by atoms with Crippen molar-refractivity contribution in [3.63, 3.8) is 0 Å². The number of nitrogens with zero attached hydrogens (tertiary/aromatic N) is 3. The number of fused-ring (bicyclic) bond motifs is 1. The molecule has 10 aromatic rings. The smallest absolute Gasteiger partial charge is 0.149 e. The van der Waals surface area contributed by atoms with Gasteiger partial charge in [-0.05, 0) is 151 Å². The van der Waals surface area contributed by atoms with Gasteiger partial charge in [-0.25, -0.2) is 4.98 Å². The van der Waals surface area contributed by atoms with Crippen LogP contribution in [0.15, 0.2) is 194 Å². The normalized spacial score (nSPS) is 15.4. The van der Waals surface area contributed by atoms with Gasteiger partial charge in [0.2, 0.25) is 0 Å². The van der Waals surface area contributed by atoms with E-state index in [2.05, 4.69) is 59.7 Å². The van der Waals surface area contributed by atoms with Gasteiger partial charge < -0.3 is 5.11 Å². The van der Waals surface area contributed by atoms with Crippen LogP contribution in [0.1, 0.15) is 101 Å². The molecule has 0 saturated carbocycles. The Morgan fingerprint density at radius 2 is 1.03 bits per heavy atom. The first kappa shape index (κ1) is 34.5. The molecule has 8 aromatic carbocycles. The van der Waals surface area contributed by atoms with E-state index in [4.69, 9.17) is 26.4 Å². The molecule has 71 heavy (non-hydrogen) atoms. The van der Waals surface area contributed by atoms with Crippen molar-refractivity contribution in [2.45, 2.75) is 85.2 Å². The molecule has 0 fully saturated rings. The number of pyridine rings is 1. The van der Waals surface area contributed by atoms with E-state index in [1.807, 2.05) is 132 Å². The van der Waals surface area contributed by atoms with Crippen LogP contribution < -0.4 is 0 Å². The van der Waals surface area contributed by atoms with Gasteiger partial charge in [-0.3, -0.25) is 9.55 Å². The molecule has 1 N–H and O–H groups in total. The Kier molecular flexibility index (Phi) is 8.82. The van der Waals surface area contributed by atoms with E-state index in [-0.39, 0.29) is 27.7 Å². The zero-order chi connectivity index (χ0) is 59.8. The van der Waals surface area contributed by atoms with Crippen molar-refractivity contribution in [3.8, 4) is 89.7 Å². The summed E-state index contributed by atoms with van der Waals surface area (Å²) in [6.45, 7) is -0.0512. The van der Waals surface area contributed by atoms with Crippen LogP contribution in [-0.2, 0) is 16.2 Å². The predicted octanol–water partition coefficient (Wildman–Crippen LogP) is 18.0. The Balaban J connectivity index is 1.22. The molecule has 0 aliphatic heterocycles. The Morgan fingerprint density at radius 1 is 0.437 bits per heavy atom. The van der Waals surface area contributed by atoms with Crippen LogP contribution in [0.5, 0.6) is 5.75 Å². The number of hydrogen-bond donors (Lipinski definition) is 1. The third-order valence-corrected chi connectivity index (χ3v) is 13.4. The van der Waals surface area contributed by atoms with Crippen molar-refractivity contribution in [2.75, 3.05) is 0 Å². The highest BCUT2D eigenvalue weighted by Crippen LogP contribution is 2.44. The van der Waals surface area contributed by atoms with Crippen molar-refractivity contribution < 1.29 is 21.6 Å². The molecule has 2 heterocycles. The Hall–Kier alpha value is -7.82. The largest absolute Gasteiger partial charge is 0.507 e. The molecular weight excluding hydrogens is 863 g/mol. The molecule has 0 radical (unpaired) electrons. The minimum Gasteiger partial charge on any atom is -0.507 e. The van der Waals surface area contributed by atoms with E-state index in [1.54, 1.807) is 24.4 Å². The molecule has 4 nitrogen and oxygen atoms in total. The van der Waals surface area contributed by atoms with Gasteiger partial charge in [-0.15, -0.1) is 0 Å². The Bertz CT molecular complexity index is 4000. The van der Waals surface area contributed by atoms with Crippen molar-refractivity contribution in [1.82, 2.24) is 14.5 Å². The second kappa shape index (κ2) is 18.2. The number of aromatic hydroxyl groups is 1. The summed E-state index contributed by atoms with van der Waals surface area (Å²) < 4.78 is 104. The molecular formula is C67H63N3O.